The highest BCUT2D eigenvalue weighted by Gasteiger charge is 2.14. The molecule has 1 aliphatic heterocycles. The molecule has 0 N–H and O–H groups in total. The van der Waals surface area contributed by atoms with E-state index in [1.165, 1.54) is 11.1 Å². The number of hydrogen-bond acceptors (Lipinski definition) is 3. The number of piperazine rings is 1. The van der Waals surface area contributed by atoms with Gasteiger partial charge in [-0.05, 0) is 19.5 Å². The lowest BCUT2D eigenvalue weighted by molar-refractivity contribution is 0.103. The van der Waals surface area contributed by atoms with Gasteiger partial charge < -0.3 is 4.90 Å². The van der Waals surface area contributed by atoms with Crippen LogP contribution >= 0.6 is 0 Å². The molecular formula is C20H24N2O. The molecule has 0 spiro atoms. The van der Waals surface area contributed by atoms with Crippen molar-refractivity contribution in [2.24, 2.45) is 0 Å². The van der Waals surface area contributed by atoms with Gasteiger partial charge in [-0.2, -0.15) is 0 Å². The van der Waals surface area contributed by atoms with Crippen LogP contribution in [0.15, 0.2) is 48.5 Å². The SMILES string of the molecule is Cc1ccc(C(=O)c2ccc(CN3CCN(C)CC3)cc2)cc1. The van der Waals surface area contributed by atoms with Crippen molar-refractivity contribution < 1.29 is 4.79 Å². The maximum Gasteiger partial charge on any atom is 0.193 e. The Bertz CT molecular complexity index is 653. The van der Waals surface area contributed by atoms with Crippen LogP contribution in [0.25, 0.3) is 0 Å². The number of hydrogen-bond donors (Lipinski definition) is 0. The summed E-state index contributed by atoms with van der Waals surface area (Å²) in [7, 11) is 2.17. The summed E-state index contributed by atoms with van der Waals surface area (Å²) in [6.07, 6.45) is 0. The molecule has 0 bridgehead atoms. The number of nitrogens with zero attached hydrogens (tertiary/aromatic N) is 2. The summed E-state index contributed by atoms with van der Waals surface area (Å²) >= 11 is 0. The van der Waals surface area contributed by atoms with Crippen LogP contribution in [0.4, 0.5) is 0 Å². The van der Waals surface area contributed by atoms with Crippen molar-refractivity contribution in [3.8, 4) is 0 Å². The van der Waals surface area contributed by atoms with Gasteiger partial charge >= 0.3 is 0 Å². The highest BCUT2D eigenvalue weighted by molar-refractivity contribution is 6.08. The van der Waals surface area contributed by atoms with Gasteiger partial charge in [0.25, 0.3) is 0 Å². The molecule has 0 aromatic heterocycles. The predicted molar refractivity (Wildman–Crippen MR) is 93.8 cm³/mol. The van der Waals surface area contributed by atoms with Crippen LogP contribution < -0.4 is 0 Å². The van der Waals surface area contributed by atoms with E-state index in [2.05, 4.69) is 29.0 Å². The average Bonchev–Trinajstić information content (AvgIpc) is 2.58. The summed E-state index contributed by atoms with van der Waals surface area (Å²) in [4.78, 5) is 17.3. The number of benzene rings is 2. The Hall–Kier alpha value is -1.97. The standard InChI is InChI=1S/C20H24N2O/c1-16-3-7-18(8-4-16)20(23)19-9-5-17(6-10-19)15-22-13-11-21(2)12-14-22/h3-10H,11-15H2,1-2H3. The van der Waals surface area contributed by atoms with E-state index in [1.54, 1.807) is 0 Å². The van der Waals surface area contributed by atoms with Crippen molar-refractivity contribution >= 4 is 5.78 Å². The predicted octanol–water partition coefficient (Wildman–Crippen LogP) is 2.97. The Balaban J connectivity index is 1.64. The minimum atomic E-state index is 0.0937. The first-order valence-corrected chi connectivity index (χ1v) is 8.23. The average molecular weight is 308 g/mol. The quantitative estimate of drug-likeness (QED) is 0.811. The van der Waals surface area contributed by atoms with E-state index >= 15 is 0 Å². The molecule has 23 heavy (non-hydrogen) atoms. The van der Waals surface area contributed by atoms with Gasteiger partial charge in [-0.15, -0.1) is 0 Å². The lowest BCUT2D eigenvalue weighted by Gasteiger charge is -2.32. The van der Waals surface area contributed by atoms with Gasteiger partial charge in [0.1, 0.15) is 0 Å². The zero-order valence-corrected chi connectivity index (χ0v) is 14.0. The summed E-state index contributed by atoms with van der Waals surface area (Å²) in [5, 5.41) is 0. The first-order chi connectivity index (χ1) is 11.1. The van der Waals surface area contributed by atoms with E-state index < -0.39 is 0 Å². The molecule has 3 rings (SSSR count). The highest BCUT2D eigenvalue weighted by atomic mass is 16.1. The first kappa shape index (κ1) is 15.9. The van der Waals surface area contributed by atoms with Crippen LogP contribution in [0.5, 0.6) is 0 Å². The molecule has 2 aromatic rings. The molecule has 1 saturated heterocycles. The molecule has 0 amide bonds. The topological polar surface area (TPSA) is 23.6 Å². The van der Waals surface area contributed by atoms with Gasteiger partial charge in [0.15, 0.2) is 5.78 Å². The number of aryl methyl sites for hydroxylation is 1. The van der Waals surface area contributed by atoms with Crippen molar-refractivity contribution in [2.45, 2.75) is 13.5 Å². The molecule has 1 fully saturated rings. The van der Waals surface area contributed by atoms with Crippen molar-refractivity contribution in [2.75, 3.05) is 33.2 Å². The van der Waals surface area contributed by atoms with E-state index in [0.717, 1.165) is 43.9 Å². The third-order valence-electron chi connectivity index (χ3n) is 4.53. The van der Waals surface area contributed by atoms with Gasteiger partial charge in [-0.1, -0.05) is 54.1 Å². The number of rotatable bonds is 4. The summed E-state index contributed by atoms with van der Waals surface area (Å²) < 4.78 is 0. The fraction of sp³-hybridized carbons (Fsp3) is 0.350. The third kappa shape index (κ3) is 4.06. The van der Waals surface area contributed by atoms with Crippen LogP contribution in [0, 0.1) is 6.92 Å². The number of carbonyl (C=O) groups excluding carboxylic acids is 1. The second-order valence-corrected chi connectivity index (χ2v) is 6.47. The summed E-state index contributed by atoms with van der Waals surface area (Å²) in [6.45, 7) is 7.48. The highest BCUT2D eigenvalue weighted by Crippen LogP contribution is 2.14. The lowest BCUT2D eigenvalue weighted by atomic mass is 10.0. The number of likely N-dealkylation sites (N-methyl/N-ethyl adjacent to an activating group) is 1. The zero-order chi connectivity index (χ0) is 16.2. The molecule has 0 saturated carbocycles. The fourth-order valence-corrected chi connectivity index (χ4v) is 2.90. The molecule has 1 heterocycles. The smallest absolute Gasteiger partial charge is 0.193 e. The van der Waals surface area contributed by atoms with Gasteiger partial charge in [0, 0.05) is 43.9 Å². The summed E-state index contributed by atoms with van der Waals surface area (Å²) in [6, 6.07) is 15.8. The molecule has 0 aliphatic carbocycles. The van der Waals surface area contributed by atoms with E-state index in [9.17, 15) is 4.79 Å². The molecule has 0 unspecified atom stereocenters. The Morgan fingerprint density at radius 2 is 1.39 bits per heavy atom. The Labute approximate surface area is 138 Å². The van der Waals surface area contributed by atoms with E-state index in [1.807, 2.05) is 43.3 Å². The number of ketones is 1. The van der Waals surface area contributed by atoms with Crippen molar-refractivity contribution in [3.05, 3.63) is 70.8 Å². The van der Waals surface area contributed by atoms with Gasteiger partial charge in [0.05, 0.1) is 0 Å². The fourth-order valence-electron chi connectivity index (χ4n) is 2.90. The minimum Gasteiger partial charge on any atom is -0.304 e. The monoisotopic (exact) mass is 308 g/mol. The first-order valence-electron chi connectivity index (χ1n) is 8.23. The lowest BCUT2D eigenvalue weighted by Crippen LogP contribution is -2.43. The Morgan fingerprint density at radius 3 is 1.96 bits per heavy atom. The van der Waals surface area contributed by atoms with Crippen LogP contribution in [0.3, 0.4) is 0 Å². The molecule has 0 atom stereocenters. The molecule has 3 heteroatoms. The van der Waals surface area contributed by atoms with Crippen LogP contribution in [-0.2, 0) is 6.54 Å². The van der Waals surface area contributed by atoms with Crippen molar-refractivity contribution in [1.82, 2.24) is 9.80 Å². The Kier molecular flexibility index (Phi) is 4.89. The molecular weight excluding hydrogens is 284 g/mol. The number of carbonyl (C=O) groups is 1. The maximum absolute atomic E-state index is 12.5. The minimum absolute atomic E-state index is 0.0937. The van der Waals surface area contributed by atoms with Crippen LogP contribution in [0.1, 0.15) is 27.0 Å². The molecule has 0 radical (unpaired) electrons. The molecule has 1 aliphatic rings. The largest absolute Gasteiger partial charge is 0.304 e. The second-order valence-electron chi connectivity index (χ2n) is 6.47. The van der Waals surface area contributed by atoms with Crippen LogP contribution in [-0.4, -0.2) is 48.8 Å². The van der Waals surface area contributed by atoms with Gasteiger partial charge in [0.2, 0.25) is 0 Å². The van der Waals surface area contributed by atoms with Crippen molar-refractivity contribution in [3.63, 3.8) is 0 Å². The summed E-state index contributed by atoms with van der Waals surface area (Å²) in [5.41, 5.74) is 3.96. The van der Waals surface area contributed by atoms with Crippen LogP contribution in [0.2, 0.25) is 0 Å². The van der Waals surface area contributed by atoms with E-state index in [0.29, 0.717) is 0 Å². The zero-order valence-electron chi connectivity index (χ0n) is 14.0. The van der Waals surface area contributed by atoms with Gasteiger partial charge in [-0.25, -0.2) is 0 Å². The second kappa shape index (κ2) is 7.07. The molecule has 120 valence electrons. The normalized spacial score (nSPS) is 16.4. The molecule has 3 nitrogen and oxygen atoms in total. The van der Waals surface area contributed by atoms with Crippen molar-refractivity contribution in [1.29, 1.82) is 0 Å². The van der Waals surface area contributed by atoms with E-state index in [-0.39, 0.29) is 5.78 Å². The van der Waals surface area contributed by atoms with Gasteiger partial charge in [-0.3, -0.25) is 9.69 Å². The Morgan fingerprint density at radius 1 is 0.870 bits per heavy atom. The third-order valence-corrected chi connectivity index (χ3v) is 4.53. The van der Waals surface area contributed by atoms with E-state index in [4.69, 9.17) is 0 Å². The molecule has 2 aromatic carbocycles. The maximum atomic E-state index is 12.5. The summed E-state index contributed by atoms with van der Waals surface area (Å²) in [5.74, 6) is 0.0937.